The van der Waals surface area contributed by atoms with Gasteiger partial charge in [-0.1, -0.05) is 11.8 Å². The lowest BCUT2D eigenvalue weighted by atomic mass is 10.1. The minimum Gasteiger partial charge on any atom is -0.454 e. The Labute approximate surface area is 205 Å². The van der Waals surface area contributed by atoms with E-state index in [4.69, 9.17) is 18.9 Å². The Balaban J connectivity index is 1.60. The maximum Gasteiger partial charge on any atom is 0.262 e. The largest absolute Gasteiger partial charge is 0.454 e. The molecule has 1 aliphatic heterocycles. The zero-order chi connectivity index (χ0) is 24.8. The minimum absolute atomic E-state index is 0.0573. The Morgan fingerprint density at radius 2 is 1.83 bits per heavy atom. The molecular weight excluding hydrogens is 474 g/mol. The number of methoxy groups -OCH3 is 2. The molecule has 0 saturated carbocycles. The van der Waals surface area contributed by atoms with Crippen molar-refractivity contribution in [2.24, 2.45) is 0 Å². The van der Waals surface area contributed by atoms with E-state index in [9.17, 15) is 14.4 Å². The van der Waals surface area contributed by atoms with Gasteiger partial charge in [-0.2, -0.15) is 0 Å². The number of aromatic nitrogens is 2. The molecule has 35 heavy (non-hydrogen) atoms. The number of Topliss-reactive ketones (excluding diaryl/α,β-unsaturated/α-hetero) is 1. The van der Waals surface area contributed by atoms with E-state index >= 15 is 0 Å². The molecule has 2 aromatic carbocycles. The number of carbonyl (C=O) groups excluding carboxylic acids is 2. The van der Waals surface area contributed by atoms with Crippen LogP contribution in [0.2, 0.25) is 0 Å². The van der Waals surface area contributed by atoms with E-state index in [2.05, 4.69) is 10.3 Å². The quantitative estimate of drug-likeness (QED) is 0.183. The standard InChI is InChI=1S/C24H25N3O7S/c1-31-9-7-25-22(29)16-3-5-17-18(11-16)26-24(27(23(17)30)8-10-32-2)35-13-19(28)15-4-6-20-21(12-15)34-14-33-20/h3-6,11-12H,7-10,13-14H2,1-2H3,(H,25,29). The number of fused-ring (bicyclic) bond motifs is 2. The molecule has 0 aliphatic carbocycles. The molecule has 0 fully saturated rings. The summed E-state index contributed by atoms with van der Waals surface area (Å²) in [5, 5.41) is 3.49. The Kier molecular flexibility index (Phi) is 8.01. The van der Waals surface area contributed by atoms with Crippen LogP contribution in [0.25, 0.3) is 10.9 Å². The summed E-state index contributed by atoms with van der Waals surface area (Å²) < 4.78 is 22.2. The van der Waals surface area contributed by atoms with Crippen LogP contribution in [0.3, 0.4) is 0 Å². The third-order valence-electron chi connectivity index (χ3n) is 5.32. The molecule has 184 valence electrons. The molecule has 11 heteroatoms. The van der Waals surface area contributed by atoms with Crippen molar-refractivity contribution in [3.8, 4) is 11.5 Å². The normalized spacial score (nSPS) is 12.2. The molecule has 0 bridgehead atoms. The second-order valence-electron chi connectivity index (χ2n) is 7.60. The van der Waals surface area contributed by atoms with Gasteiger partial charge in [0.25, 0.3) is 11.5 Å². The second kappa shape index (κ2) is 11.3. The number of hydrogen-bond donors (Lipinski definition) is 1. The first kappa shape index (κ1) is 24.7. The van der Waals surface area contributed by atoms with E-state index in [1.165, 1.54) is 4.57 Å². The van der Waals surface area contributed by atoms with Gasteiger partial charge in [0, 0.05) is 31.9 Å². The van der Waals surface area contributed by atoms with Crippen LogP contribution >= 0.6 is 11.8 Å². The van der Waals surface area contributed by atoms with Gasteiger partial charge in [0.05, 0.1) is 36.4 Å². The topological polar surface area (TPSA) is 118 Å². The van der Waals surface area contributed by atoms with Crippen LogP contribution in [-0.4, -0.2) is 67.8 Å². The number of ketones is 1. The molecule has 0 spiro atoms. The van der Waals surface area contributed by atoms with Gasteiger partial charge < -0.3 is 24.3 Å². The molecule has 10 nitrogen and oxygen atoms in total. The molecule has 2 heterocycles. The maximum atomic E-state index is 13.2. The highest BCUT2D eigenvalue weighted by atomic mass is 32.2. The van der Waals surface area contributed by atoms with Gasteiger partial charge in [0.15, 0.2) is 22.4 Å². The van der Waals surface area contributed by atoms with Crippen molar-refractivity contribution in [3.63, 3.8) is 0 Å². The summed E-state index contributed by atoms with van der Waals surface area (Å²) in [5.74, 6) is 0.745. The lowest BCUT2D eigenvalue weighted by Gasteiger charge is -2.13. The van der Waals surface area contributed by atoms with E-state index in [1.807, 2.05) is 0 Å². The van der Waals surface area contributed by atoms with Crippen molar-refractivity contribution in [2.45, 2.75) is 11.7 Å². The fourth-order valence-corrected chi connectivity index (χ4v) is 4.40. The summed E-state index contributed by atoms with van der Waals surface area (Å²) in [5.41, 5.74) is 0.961. The van der Waals surface area contributed by atoms with Crippen molar-refractivity contribution in [3.05, 3.63) is 57.9 Å². The minimum atomic E-state index is -0.290. The van der Waals surface area contributed by atoms with Gasteiger partial charge in [0.1, 0.15) is 0 Å². The van der Waals surface area contributed by atoms with Crippen LogP contribution < -0.4 is 20.3 Å². The highest BCUT2D eigenvalue weighted by Crippen LogP contribution is 2.33. The number of nitrogens with zero attached hydrogens (tertiary/aromatic N) is 2. The van der Waals surface area contributed by atoms with E-state index in [-0.39, 0.29) is 36.3 Å². The molecule has 1 amide bonds. The molecule has 1 N–H and O–H groups in total. The third-order valence-corrected chi connectivity index (χ3v) is 6.30. The lowest BCUT2D eigenvalue weighted by Crippen LogP contribution is -2.28. The summed E-state index contributed by atoms with van der Waals surface area (Å²) in [7, 11) is 3.10. The first-order chi connectivity index (χ1) is 17.0. The number of thioether (sulfide) groups is 1. The summed E-state index contributed by atoms with van der Waals surface area (Å²) in [6.07, 6.45) is 0. The zero-order valence-corrected chi connectivity index (χ0v) is 20.2. The summed E-state index contributed by atoms with van der Waals surface area (Å²) in [6, 6.07) is 9.77. The molecule has 0 saturated heterocycles. The Hall–Kier alpha value is -3.41. The highest BCUT2D eigenvalue weighted by molar-refractivity contribution is 7.99. The molecule has 0 radical (unpaired) electrons. The van der Waals surface area contributed by atoms with Crippen LogP contribution in [0.1, 0.15) is 20.7 Å². The number of benzene rings is 2. The van der Waals surface area contributed by atoms with Gasteiger partial charge >= 0.3 is 0 Å². The van der Waals surface area contributed by atoms with Gasteiger partial charge in [-0.25, -0.2) is 4.98 Å². The molecule has 4 rings (SSSR count). The fraction of sp³-hybridized carbons (Fsp3) is 0.333. The third kappa shape index (κ3) is 5.64. The van der Waals surface area contributed by atoms with Crippen LogP contribution in [0.5, 0.6) is 11.5 Å². The average molecular weight is 500 g/mol. The highest BCUT2D eigenvalue weighted by Gasteiger charge is 2.19. The number of ether oxygens (including phenoxy) is 4. The first-order valence-electron chi connectivity index (χ1n) is 10.9. The number of rotatable bonds is 11. The van der Waals surface area contributed by atoms with Crippen molar-refractivity contribution < 1.29 is 28.5 Å². The van der Waals surface area contributed by atoms with E-state index in [1.54, 1.807) is 50.6 Å². The monoisotopic (exact) mass is 499 g/mol. The maximum absolute atomic E-state index is 13.2. The summed E-state index contributed by atoms with van der Waals surface area (Å²) >= 11 is 1.15. The van der Waals surface area contributed by atoms with Gasteiger partial charge in [-0.05, 0) is 36.4 Å². The van der Waals surface area contributed by atoms with Gasteiger partial charge in [0.2, 0.25) is 6.79 Å². The Morgan fingerprint density at radius 1 is 1.06 bits per heavy atom. The summed E-state index contributed by atoms with van der Waals surface area (Å²) in [4.78, 5) is 43.1. The van der Waals surface area contributed by atoms with Crippen molar-refractivity contribution in [2.75, 3.05) is 46.5 Å². The SMILES string of the molecule is COCCNC(=O)c1ccc2c(=O)n(CCOC)c(SCC(=O)c3ccc4c(c3)OCO4)nc2c1. The number of amides is 1. The van der Waals surface area contributed by atoms with Crippen molar-refractivity contribution in [1.82, 2.24) is 14.9 Å². The lowest BCUT2D eigenvalue weighted by molar-refractivity contribution is 0.0936. The van der Waals surface area contributed by atoms with Crippen molar-refractivity contribution in [1.29, 1.82) is 0 Å². The molecular formula is C24H25N3O7S. The molecule has 3 aromatic rings. The zero-order valence-electron chi connectivity index (χ0n) is 19.4. The molecule has 0 unspecified atom stereocenters. The molecule has 1 aromatic heterocycles. The molecule has 1 aliphatic rings. The Morgan fingerprint density at radius 3 is 2.63 bits per heavy atom. The summed E-state index contributed by atoms with van der Waals surface area (Å²) in [6.45, 7) is 1.46. The van der Waals surface area contributed by atoms with Crippen LogP contribution in [0.15, 0.2) is 46.3 Å². The van der Waals surface area contributed by atoms with Crippen LogP contribution in [-0.2, 0) is 16.0 Å². The van der Waals surface area contributed by atoms with E-state index in [0.717, 1.165) is 11.8 Å². The van der Waals surface area contributed by atoms with E-state index < -0.39 is 0 Å². The average Bonchev–Trinajstić information content (AvgIpc) is 3.34. The fourth-order valence-electron chi connectivity index (χ4n) is 3.48. The Bertz CT molecular complexity index is 1310. The van der Waals surface area contributed by atoms with E-state index in [0.29, 0.717) is 58.4 Å². The number of carbonyl (C=O) groups is 2. The predicted octanol–water partition coefficient (Wildman–Crippen LogP) is 2.12. The number of hydrogen-bond acceptors (Lipinski definition) is 9. The first-order valence-corrected chi connectivity index (χ1v) is 11.9. The van der Waals surface area contributed by atoms with Crippen LogP contribution in [0.4, 0.5) is 0 Å². The van der Waals surface area contributed by atoms with Gasteiger partial charge in [-0.3, -0.25) is 19.0 Å². The second-order valence-corrected chi connectivity index (χ2v) is 8.55. The smallest absolute Gasteiger partial charge is 0.262 e. The van der Waals surface area contributed by atoms with Crippen molar-refractivity contribution >= 4 is 34.4 Å². The number of nitrogens with one attached hydrogen (secondary N) is 1. The van der Waals surface area contributed by atoms with Gasteiger partial charge in [-0.15, -0.1) is 0 Å². The predicted molar refractivity (Wildman–Crippen MR) is 130 cm³/mol. The molecule has 0 atom stereocenters. The van der Waals surface area contributed by atoms with Crippen LogP contribution in [0, 0.1) is 0 Å².